The lowest BCUT2D eigenvalue weighted by Crippen LogP contribution is -2.14. The van der Waals surface area contributed by atoms with Crippen LogP contribution in [0.3, 0.4) is 0 Å². The van der Waals surface area contributed by atoms with Crippen molar-refractivity contribution >= 4 is 67.5 Å². The standard InChI is InChI=1S/C12H10Cl2N2O2S3/c1-6-4-10(20-11(6)14)21(17,18)16-9-5-7(12(15)19)2-3-8(9)13/h2-5,16H,1H3,(H2,15,19). The Labute approximate surface area is 141 Å². The van der Waals surface area contributed by atoms with Gasteiger partial charge in [0, 0.05) is 5.56 Å². The predicted molar refractivity (Wildman–Crippen MR) is 92.2 cm³/mol. The topological polar surface area (TPSA) is 72.2 Å². The van der Waals surface area contributed by atoms with Crippen molar-refractivity contribution in [1.82, 2.24) is 0 Å². The average molecular weight is 381 g/mol. The van der Waals surface area contributed by atoms with Gasteiger partial charge in [0.2, 0.25) is 0 Å². The van der Waals surface area contributed by atoms with Gasteiger partial charge < -0.3 is 5.73 Å². The van der Waals surface area contributed by atoms with E-state index in [4.69, 9.17) is 41.2 Å². The van der Waals surface area contributed by atoms with E-state index in [0.717, 1.165) is 11.3 Å². The molecule has 1 aromatic carbocycles. The first-order valence-electron chi connectivity index (χ1n) is 5.59. The van der Waals surface area contributed by atoms with Crippen LogP contribution in [0.25, 0.3) is 0 Å². The number of anilines is 1. The number of nitrogens with two attached hydrogens (primary N) is 1. The Hall–Kier alpha value is -0.860. The number of halogens is 2. The van der Waals surface area contributed by atoms with Crippen molar-refractivity contribution in [2.24, 2.45) is 5.73 Å². The summed E-state index contributed by atoms with van der Waals surface area (Å²) in [4.78, 5) is 0.155. The molecule has 0 aliphatic rings. The van der Waals surface area contributed by atoms with E-state index in [2.05, 4.69) is 4.72 Å². The predicted octanol–water partition coefficient (Wildman–Crippen LogP) is 3.80. The zero-order chi connectivity index (χ0) is 15.8. The van der Waals surface area contributed by atoms with Crippen molar-refractivity contribution < 1.29 is 8.42 Å². The summed E-state index contributed by atoms with van der Waals surface area (Å²) >= 11 is 17.7. The van der Waals surface area contributed by atoms with E-state index < -0.39 is 10.0 Å². The number of sulfonamides is 1. The second kappa shape index (κ2) is 6.10. The molecule has 3 N–H and O–H groups in total. The Morgan fingerprint density at radius 1 is 1.33 bits per heavy atom. The van der Waals surface area contributed by atoms with Crippen LogP contribution in [0.4, 0.5) is 5.69 Å². The highest BCUT2D eigenvalue weighted by Gasteiger charge is 2.20. The smallest absolute Gasteiger partial charge is 0.271 e. The molecular formula is C12H10Cl2N2O2S3. The van der Waals surface area contributed by atoms with Gasteiger partial charge in [0.05, 0.1) is 15.0 Å². The summed E-state index contributed by atoms with van der Waals surface area (Å²) in [5.41, 5.74) is 6.96. The molecule has 0 aliphatic carbocycles. The van der Waals surface area contributed by atoms with Gasteiger partial charge in [-0.15, -0.1) is 11.3 Å². The van der Waals surface area contributed by atoms with Gasteiger partial charge in [0.15, 0.2) is 0 Å². The number of aryl methyl sites for hydroxylation is 1. The van der Waals surface area contributed by atoms with E-state index in [1.54, 1.807) is 13.0 Å². The molecule has 1 aromatic heterocycles. The molecule has 2 aromatic rings. The molecule has 2 rings (SSSR count). The first-order valence-corrected chi connectivity index (χ1v) is 9.05. The zero-order valence-electron chi connectivity index (χ0n) is 10.7. The van der Waals surface area contributed by atoms with Crippen LogP contribution in [0.2, 0.25) is 9.36 Å². The number of hydrogen-bond acceptors (Lipinski definition) is 4. The maximum atomic E-state index is 12.3. The molecule has 4 nitrogen and oxygen atoms in total. The minimum Gasteiger partial charge on any atom is -0.389 e. The molecule has 1 heterocycles. The Morgan fingerprint density at radius 3 is 2.52 bits per heavy atom. The molecule has 0 atom stereocenters. The monoisotopic (exact) mass is 380 g/mol. The molecular weight excluding hydrogens is 371 g/mol. The van der Waals surface area contributed by atoms with Crippen LogP contribution in [0.15, 0.2) is 28.5 Å². The van der Waals surface area contributed by atoms with E-state index in [-0.39, 0.29) is 19.9 Å². The van der Waals surface area contributed by atoms with Crippen molar-refractivity contribution in [2.45, 2.75) is 11.1 Å². The molecule has 9 heteroatoms. The third-order valence-corrected chi connectivity index (χ3v) is 6.55. The molecule has 0 radical (unpaired) electrons. The van der Waals surface area contributed by atoms with E-state index in [9.17, 15) is 8.42 Å². The fourth-order valence-electron chi connectivity index (χ4n) is 1.52. The van der Waals surface area contributed by atoms with Crippen LogP contribution in [0.5, 0.6) is 0 Å². The first kappa shape index (κ1) is 16.5. The van der Waals surface area contributed by atoms with Gasteiger partial charge in [0.25, 0.3) is 10.0 Å². The molecule has 0 amide bonds. The fourth-order valence-corrected chi connectivity index (χ4v) is 4.64. The lowest BCUT2D eigenvalue weighted by molar-refractivity contribution is 0.603. The zero-order valence-corrected chi connectivity index (χ0v) is 14.6. The number of thiocarbonyl (C=S) groups is 1. The quantitative estimate of drug-likeness (QED) is 0.791. The molecule has 0 spiro atoms. The third-order valence-electron chi connectivity index (χ3n) is 2.59. The number of benzene rings is 1. The van der Waals surface area contributed by atoms with E-state index in [0.29, 0.717) is 15.5 Å². The van der Waals surface area contributed by atoms with Gasteiger partial charge in [-0.3, -0.25) is 4.72 Å². The minimum absolute atomic E-state index is 0.113. The van der Waals surface area contributed by atoms with Gasteiger partial charge >= 0.3 is 0 Å². The highest BCUT2D eigenvalue weighted by atomic mass is 35.5. The average Bonchev–Trinajstić information content (AvgIpc) is 2.73. The van der Waals surface area contributed by atoms with Gasteiger partial charge in [-0.2, -0.15) is 0 Å². The van der Waals surface area contributed by atoms with Crippen LogP contribution in [0, 0.1) is 6.92 Å². The Morgan fingerprint density at radius 2 is 2.00 bits per heavy atom. The fraction of sp³-hybridized carbons (Fsp3) is 0.0833. The second-order valence-electron chi connectivity index (χ2n) is 4.19. The van der Waals surface area contributed by atoms with Crippen LogP contribution in [-0.2, 0) is 10.0 Å². The van der Waals surface area contributed by atoms with Crippen LogP contribution < -0.4 is 10.5 Å². The summed E-state index contributed by atoms with van der Waals surface area (Å²) in [7, 11) is -3.76. The van der Waals surface area contributed by atoms with Gasteiger partial charge in [0.1, 0.15) is 9.20 Å². The summed E-state index contributed by atoms with van der Waals surface area (Å²) < 4.78 is 27.6. The molecule has 112 valence electrons. The van der Waals surface area contributed by atoms with Crippen molar-refractivity contribution in [2.75, 3.05) is 4.72 Å². The summed E-state index contributed by atoms with van der Waals surface area (Å²) in [6.07, 6.45) is 0. The summed E-state index contributed by atoms with van der Waals surface area (Å²) in [5.74, 6) is 0. The van der Waals surface area contributed by atoms with E-state index in [1.165, 1.54) is 18.2 Å². The van der Waals surface area contributed by atoms with Crippen molar-refractivity contribution in [1.29, 1.82) is 0 Å². The van der Waals surface area contributed by atoms with Crippen LogP contribution >= 0.6 is 46.8 Å². The normalized spacial score (nSPS) is 11.4. The number of nitrogens with one attached hydrogen (secondary N) is 1. The van der Waals surface area contributed by atoms with E-state index >= 15 is 0 Å². The van der Waals surface area contributed by atoms with Crippen molar-refractivity contribution in [3.8, 4) is 0 Å². The maximum Gasteiger partial charge on any atom is 0.271 e. The van der Waals surface area contributed by atoms with Gasteiger partial charge in [-0.1, -0.05) is 41.5 Å². The second-order valence-corrected chi connectivity index (χ2v) is 8.60. The molecule has 0 bridgehead atoms. The summed E-state index contributed by atoms with van der Waals surface area (Å²) in [6, 6.07) is 6.14. The minimum atomic E-state index is -3.76. The largest absolute Gasteiger partial charge is 0.389 e. The molecule has 0 unspecified atom stereocenters. The van der Waals surface area contributed by atoms with Crippen LogP contribution in [0.1, 0.15) is 11.1 Å². The van der Waals surface area contributed by atoms with Crippen molar-refractivity contribution in [3.05, 3.63) is 44.8 Å². The summed E-state index contributed by atoms with van der Waals surface area (Å²) in [5, 5.41) is 0.248. The molecule has 0 saturated carbocycles. The molecule has 0 aliphatic heterocycles. The molecule has 21 heavy (non-hydrogen) atoms. The molecule has 0 fully saturated rings. The lowest BCUT2D eigenvalue weighted by atomic mass is 10.2. The highest BCUT2D eigenvalue weighted by molar-refractivity contribution is 7.94. The molecule has 0 saturated heterocycles. The number of hydrogen-bond donors (Lipinski definition) is 2. The van der Waals surface area contributed by atoms with Gasteiger partial charge in [-0.05, 0) is 30.7 Å². The van der Waals surface area contributed by atoms with Crippen LogP contribution in [-0.4, -0.2) is 13.4 Å². The number of thiophene rings is 1. The third kappa shape index (κ3) is 3.67. The maximum absolute atomic E-state index is 12.3. The summed E-state index contributed by atoms with van der Waals surface area (Å²) in [6.45, 7) is 1.73. The Bertz CT molecular complexity index is 796. The highest BCUT2D eigenvalue weighted by Crippen LogP contribution is 2.32. The SMILES string of the molecule is Cc1cc(S(=O)(=O)Nc2cc(C(N)=S)ccc2Cl)sc1Cl. The Balaban J connectivity index is 2.41. The Kier molecular flexibility index (Phi) is 4.79. The number of rotatable bonds is 4. The van der Waals surface area contributed by atoms with E-state index in [1.807, 2.05) is 0 Å². The first-order chi connectivity index (χ1) is 9.70. The van der Waals surface area contributed by atoms with Crippen molar-refractivity contribution in [3.63, 3.8) is 0 Å². The van der Waals surface area contributed by atoms with Gasteiger partial charge in [-0.25, -0.2) is 8.42 Å². The lowest BCUT2D eigenvalue weighted by Gasteiger charge is -2.09.